The number of benzene rings is 2. The van der Waals surface area contributed by atoms with Crippen molar-refractivity contribution in [2.45, 2.75) is 39.0 Å². The molecule has 1 atom stereocenters. The number of ether oxygens (including phenoxy) is 3. The van der Waals surface area contributed by atoms with Crippen LogP contribution in [0.25, 0.3) is 0 Å². The van der Waals surface area contributed by atoms with Crippen LogP contribution in [-0.4, -0.2) is 64.9 Å². The highest BCUT2D eigenvalue weighted by Crippen LogP contribution is 2.21. The van der Waals surface area contributed by atoms with E-state index in [9.17, 15) is 5.11 Å². The van der Waals surface area contributed by atoms with E-state index in [4.69, 9.17) is 14.2 Å². The second-order valence-corrected chi connectivity index (χ2v) is 9.22. The Kier molecular flexibility index (Phi) is 8.21. The third kappa shape index (κ3) is 7.32. The second-order valence-electron chi connectivity index (χ2n) is 9.22. The van der Waals surface area contributed by atoms with E-state index < -0.39 is 5.60 Å². The van der Waals surface area contributed by atoms with E-state index in [0.717, 1.165) is 42.1 Å². The maximum absolute atomic E-state index is 11.2. The van der Waals surface area contributed by atoms with Crippen molar-refractivity contribution in [3.05, 3.63) is 77.6 Å². The molecule has 0 bridgehead atoms. The van der Waals surface area contributed by atoms with Crippen molar-refractivity contribution >= 4 is 0 Å². The molecule has 0 spiro atoms. The highest BCUT2D eigenvalue weighted by Gasteiger charge is 2.33. The van der Waals surface area contributed by atoms with Gasteiger partial charge in [-0.15, -0.1) is 0 Å². The Balaban J connectivity index is 1.28. The summed E-state index contributed by atoms with van der Waals surface area (Å²) >= 11 is 0. The van der Waals surface area contributed by atoms with Gasteiger partial charge in [0.2, 0.25) is 0 Å². The number of rotatable bonds is 10. The standard InChI is InChI=1S/C27H35N3O4/c1-22-6-3-8-25(14-22)34-21-27(31)19-29(11-13-32-20-27)18-24-7-4-9-26(15-24)33-12-5-10-30-17-23(2)16-28-30/h3-4,6-9,14-17,31H,5,10-13,18-21H2,1-2H3/t27-/m0/s1. The third-order valence-electron chi connectivity index (χ3n) is 5.80. The van der Waals surface area contributed by atoms with Crippen LogP contribution in [0, 0.1) is 13.8 Å². The number of aliphatic hydroxyl groups is 1. The molecule has 34 heavy (non-hydrogen) atoms. The van der Waals surface area contributed by atoms with Gasteiger partial charge < -0.3 is 19.3 Å². The number of hydrogen-bond donors (Lipinski definition) is 1. The second kappa shape index (κ2) is 11.5. The SMILES string of the molecule is Cc1cccc(OC[C@@]2(O)COCCN(Cc3cccc(OCCCn4cc(C)cn4)c3)C2)c1. The first-order valence-electron chi connectivity index (χ1n) is 11.9. The highest BCUT2D eigenvalue weighted by atomic mass is 16.5. The van der Waals surface area contributed by atoms with E-state index >= 15 is 0 Å². The summed E-state index contributed by atoms with van der Waals surface area (Å²) in [6.45, 7) is 8.50. The van der Waals surface area contributed by atoms with Crippen LogP contribution in [0.1, 0.15) is 23.1 Å². The van der Waals surface area contributed by atoms with Gasteiger partial charge in [-0.1, -0.05) is 24.3 Å². The molecule has 3 aromatic rings. The summed E-state index contributed by atoms with van der Waals surface area (Å²) in [4.78, 5) is 2.21. The Labute approximate surface area is 201 Å². The summed E-state index contributed by atoms with van der Waals surface area (Å²) in [5.74, 6) is 1.62. The third-order valence-corrected chi connectivity index (χ3v) is 5.80. The summed E-state index contributed by atoms with van der Waals surface area (Å²) in [7, 11) is 0. The van der Waals surface area contributed by atoms with E-state index in [1.54, 1.807) is 0 Å². The number of aromatic nitrogens is 2. The van der Waals surface area contributed by atoms with Crippen molar-refractivity contribution in [2.75, 3.05) is 39.5 Å². The predicted octanol–water partition coefficient (Wildman–Crippen LogP) is 3.61. The first-order valence-corrected chi connectivity index (χ1v) is 11.9. The molecule has 1 saturated heterocycles. The van der Waals surface area contributed by atoms with E-state index in [0.29, 0.717) is 26.3 Å². The molecule has 1 aromatic heterocycles. The van der Waals surface area contributed by atoms with Crippen LogP contribution < -0.4 is 9.47 Å². The Morgan fingerprint density at radius 2 is 1.88 bits per heavy atom. The quantitative estimate of drug-likeness (QED) is 0.462. The summed E-state index contributed by atoms with van der Waals surface area (Å²) < 4.78 is 19.5. The zero-order valence-electron chi connectivity index (χ0n) is 20.2. The van der Waals surface area contributed by atoms with Gasteiger partial charge in [-0.05, 0) is 54.8 Å². The van der Waals surface area contributed by atoms with E-state index in [2.05, 4.69) is 22.1 Å². The lowest BCUT2D eigenvalue weighted by atomic mass is 10.1. The summed E-state index contributed by atoms with van der Waals surface area (Å²) in [5.41, 5.74) is 2.37. The zero-order chi connectivity index (χ0) is 23.8. The summed E-state index contributed by atoms with van der Waals surface area (Å²) in [6.07, 6.45) is 4.80. The number of β-amino-alcohol motifs (C(OH)–C–C–N with tert-alkyl or cyclic N) is 1. The fourth-order valence-corrected chi connectivity index (χ4v) is 4.14. The zero-order valence-corrected chi connectivity index (χ0v) is 20.2. The van der Waals surface area contributed by atoms with Crippen LogP contribution in [-0.2, 0) is 17.8 Å². The van der Waals surface area contributed by atoms with Crippen LogP contribution in [0.3, 0.4) is 0 Å². The highest BCUT2D eigenvalue weighted by molar-refractivity contribution is 5.29. The first-order chi connectivity index (χ1) is 16.5. The molecule has 182 valence electrons. The maximum Gasteiger partial charge on any atom is 0.134 e. The summed E-state index contributed by atoms with van der Waals surface area (Å²) in [6, 6.07) is 16.0. The molecular formula is C27H35N3O4. The predicted molar refractivity (Wildman–Crippen MR) is 131 cm³/mol. The van der Waals surface area contributed by atoms with Crippen molar-refractivity contribution in [3.8, 4) is 11.5 Å². The lowest BCUT2D eigenvalue weighted by Crippen LogP contribution is -2.48. The molecule has 1 N–H and O–H groups in total. The van der Waals surface area contributed by atoms with Gasteiger partial charge in [0.05, 0.1) is 26.0 Å². The van der Waals surface area contributed by atoms with Crippen molar-refractivity contribution in [2.24, 2.45) is 0 Å². The minimum Gasteiger partial charge on any atom is -0.494 e. The smallest absolute Gasteiger partial charge is 0.134 e. The van der Waals surface area contributed by atoms with Crippen LogP contribution >= 0.6 is 0 Å². The minimum atomic E-state index is -1.07. The van der Waals surface area contributed by atoms with Gasteiger partial charge in [0.15, 0.2) is 0 Å². The van der Waals surface area contributed by atoms with Gasteiger partial charge in [0.1, 0.15) is 23.7 Å². The van der Waals surface area contributed by atoms with Crippen LogP contribution in [0.5, 0.6) is 11.5 Å². The normalized spacial score (nSPS) is 19.0. The van der Waals surface area contributed by atoms with Crippen LogP contribution in [0.4, 0.5) is 0 Å². The van der Waals surface area contributed by atoms with Crippen molar-refractivity contribution in [3.63, 3.8) is 0 Å². The average Bonchev–Trinajstić information content (AvgIpc) is 3.14. The molecule has 0 saturated carbocycles. The van der Waals surface area contributed by atoms with Gasteiger partial charge >= 0.3 is 0 Å². The average molecular weight is 466 g/mol. The molecule has 1 aliphatic heterocycles. The molecule has 1 fully saturated rings. The molecule has 0 aliphatic carbocycles. The first kappa shape index (κ1) is 24.3. The van der Waals surface area contributed by atoms with E-state index in [1.807, 2.05) is 67.3 Å². The number of hydrogen-bond acceptors (Lipinski definition) is 6. The summed E-state index contributed by atoms with van der Waals surface area (Å²) in [5, 5.41) is 15.5. The molecule has 4 rings (SSSR count). The molecule has 0 unspecified atom stereocenters. The number of aryl methyl sites for hydroxylation is 3. The Morgan fingerprint density at radius 1 is 1.06 bits per heavy atom. The van der Waals surface area contributed by atoms with Gasteiger partial charge in [0, 0.05) is 38.8 Å². The molecule has 1 aliphatic rings. The lowest BCUT2D eigenvalue weighted by Gasteiger charge is -2.30. The molecule has 7 heteroatoms. The molecule has 0 radical (unpaired) electrons. The molecule has 7 nitrogen and oxygen atoms in total. The maximum atomic E-state index is 11.2. The van der Waals surface area contributed by atoms with E-state index in [1.165, 1.54) is 5.56 Å². The molecule has 2 aromatic carbocycles. The number of nitrogens with zero attached hydrogens (tertiary/aromatic N) is 3. The van der Waals surface area contributed by atoms with Gasteiger partial charge in [-0.25, -0.2) is 0 Å². The Morgan fingerprint density at radius 3 is 2.68 bits per heavy atom. The largest absolute Gasteiger partial charge is 0.494 e. The molecule has 2 heterocycles. The monoisotopic (exact) mass is 465 g/mol. The Hall–Kier alpha value is -2.87. The fourth-order valence-electron chi connectivity index (χ4n) is 4.14. The van der Waals surface area contributed by atoms with Crippen molar-refractivity contribution < 1.29 is 19.3 Å². The van der Waals surface area contributed by atoms with Crippen LogP contribution in [0.2, 0.25) is 0 Å². The fraction of sp³-hybridized carbons (Fsp3) is 0.444. The topological polar surface area (TPSA) is 69.0 Å². The molecule has 0 amide bonds. The van der Waals surface area contributed by atoms with Gasteiger partial charge in [-0.3, -0.25) is 9.58 Å². The van der Waals surface area contributed by atoms with Crippen molar-refractivity contribution in [1.82, 2.24) is 14.7 Å². The van der Waals surface area contributed by atoms with Crippen LogP contribution in [0.15, 0.2) is 60.9 Å². The minimum absolute atomic E-state index is 0.186. The molecular weight excluding hydrogens is 430 g/mol. The van der Waals surface area contributed by atoms with Crippen molar-refractivity contribution in [1.29, 1.82) is 0 Å². The van der Waals surface area contributed by atoms with Gasteiger partial charge in [0.25, 0.3) is 0 Å². The van der Waals surface area contributed by atoms with Gasteiger partial charge in [-0.2, -0.15) is 5.10 Å². The van der Waals surface area contributed by atoms with E-state index in [-0.39, 0.29) is 13.2 Å². The Bertz CT molecular complexity index is 1050. The lowest BCUT2D eigenvalue weighted by molar-refractivity contribution is -0.0646.